The van der Waals surface area contributed by atoms with Crippen LogP contribution in [0.25, 0.3) is 22.6 Å². The zero-order valence-corrected chi connectivity index (χ0v) is 12.3. The molecule has 0 saturated carbocycles. The van der Waals surface area contributed by atoms with Crippen molar-refractivity contribution in [3.8, 4) is 11.5 Å². The SMILES string of the molecule is O=C1c2ccccc2C(=O)c2c1ccc1[nH]c(-c3cnc[nH]3)nc21. The second-order valence-electron chi connectivity index (χ2n) is 5.64. The van der Waals surface area contributed by atoms with Gasteiger partial charge in [-0.15, -0.1) is 0 Å². The fourth-order valence-corrected chi connectivity index (χ4v) is 3.17. The molecule has 2 aromatic heterocycles. The molecule has 1 aliphatic rings. The van der Waals surface area contributed by atoms with Gasteiger partial charge >= 0.3 is 0 Å². The summed E-state index contributed by atoms with van der Waals surface area (Å²) in [5.74, 6) is 0.261. The first kappa shape index (κ1) is 13.0. The maximum absolute atomic E-state index is 12.9. The summed E-state index contributed by atoms with van der Waals surface area (Å²) in [5.41, 5.74) is 3.55. The number of nitrogens with zero attached hydrogens (tertiary/aromatic N) is 2. The number of imidazole rings is 2. The van der Waals surface area contributed by atoms with Gasteiger partial charge in [0.15, 0.2) is 17.4 Å². The molecule has 0 unspecified atom stereocenters. The summed E-state index contributed by atoms with van der Waals surface area (Å²) in [7, 11) is 0. The van der Waals surface area contributed by atoms with Crippen LogP contribution >= 0.6 is 0 Å². The number of fused-ring (bicyclic) bond motifs is 4. The molecule has 6 nitrogen and oxygen atoms in total. The van der Waals surface area contributed by atoms with Gasteiger partial charge in [-0.3, -0.25) is 9.59 Å². The summed E-state index contributed by atoms with van der Waals surface area (Å²) >= 11 is 0. The Balaban J connectivity index is 1.81. The predicted octanol–water partition coefficient (Wildman–Crippen LogP) is 2.73. The number of hydrogen-bond acceptors (Lipinski definition) is 4. The molecule has 0 atom stereocenters. The zero-order valence-electron chi connectivity index (χ0n) is 12.3. The van der Waals surface area contributed by atoms with Crippen LogP contribution in [0.5, 0.6) is 0 Å². The van der Waals surface area contributed by atoms with Gasteiger partial charge in [0.1, 0.15) is 11.2 Å². The highest BCUT2D eigenvalue weighted by Gasteiger charge is 2.32. The summed E-state index contributed by atoms with van der Waals surface area (Å²) in [6, 6.07) is 10.3. The van der Waals surface area contributed by atoms with Crippen LogP contribution in [0.1, 0.15) is 31.8 Å². The quantitative estimate of drug-likeness (QED) is 0.497. The van der Waals surface area contributed by atoms with Crippen molar-refractivity contribution in [1.82, 2.24) is 19.9 Å². The number of hydrogen-bond donors (Lipinski definition) is 2. The third kappa shape index (κ3) is 1.59. The van der Waals surface area contributed by atoms with Gasteiger partial charge < -0.3 is 9.97 Å². The Morgan fingerprint density at radius 3 is 2.42 bits per heavy atom. The van der Waals surface area contributed by atoms with Crippen molar-refractivity contribution in [3.63, 3.8) is 0 Å². The second kappa shape index (κ2) is 4.48. The lowest BCUT2D eigenvalue weighted by Gasteiger charge is -2.17. The average Bonchev–Trinajstić information content (AvgIpc) is 3.27. The molecule has 0 saturated heterocycles. The molecule has 1 aliphatic carbocycles. The van der Waals surface area contributed by atoms with E-state index >= 15 is 0 Å². The van der Waals surface area contributed by atoms with E-state index in [0.29, 0.717) is 39.1 Å². The van der Waals surface area contributed by atoms with E-state index in [1.165, 1.54) is 0 Å². The van der Waals surface area contributed by atoms with Gasteiger partial charge in [0.05, 0.1) is 23.6 Å². The first-order chi connectivity index (χ1) is 11.7. The van der Waals surface area contributed by atoms with Gasteiger partial charge in [0, 0.05) is 16.7 Å². The Morgan fingerprint density at radius 2 is 1.67 bits per heavy atom. The Labute approximate surface area is 135 Å². The first-order valence-corrected chi connectivity index (χ1v) is 7.44. The van der Waals surface area contributed by atoms with Crippen LogP contribution in [0.2, 0.25) is 0 Å². The summed E-state index contributed by atoms with van der Waals surface area (Å²) in [6.45, 7) is 0. The van der Waals surface area contributed by atoms with Crippen LogP contribution in [0.3, 0.4) is 0 Å². The minimum Gasteiger partial charge on any atom is -0.342 e. The van der Waals surface area contributed by atoms with Gasteiger partial charge in [-0.1, -0.05) is 24.3 Å². The van der Waals surface area contributed by atoms with Crippen molar-refractivity contribution in [3.05, 3.63) is 71.2 Å². The normalized spacial score (nSPS) is 13.2. The van der Waals surface area contributed by atoms with E-state index in [4.69, 9.17) is 0 Å². The van der Waals surface area contributed by atoms with Gasteiger partial charge in [-0.25, -0.2) is 9.97 Å². The number of ketones is 2. The number of carbonyl (C=O) groups excluding carboxylic acids is 2. The summed E-state index contributed by atoms with van der Waals surface area (Å²) in [5, 5.41) is 0. The molecule has 2 heterocycles. The van der Waals surface area contributed by atoms with Gasteiger partial charge in [0.2, 0.25) is 0 Å². The summed E-state index contributed by atoms with van der Waals surface area (Å²) in [4.78, 5) is 40.3. The van der Waals surface area contributed by atoms with Crippen molar-refractivity contribution in [2.24, 2.45) is 0 Å². The van der Waals surface area contributed by atoms with E-state index in [9.17, 15) is 9.59 Å². The number of H-pyrrole nitrogens is 2. The molecule has 6 heteroatoms. The first-order valence-electron chi connectivity index (χ1n) is 7.44. The van der Waals surface area contributed by atoms with E-state index in [-0.39, 0.29) is 11.6 Å². The van der Waals surface area contributed by atoms with Crippen LogP contribution in [-0.4, -0.2) is 31.5 Å². The van der Waals surface area contributed by atoms with Crippen molar-refractivity contribution in [1.29, 1.82) is 0 Å². The molecule has 0 bridgehead atoms. The molecule has 5 rings (SSSR count). The molecular formula is C18H10N4O2. The number of aromatic nitrogens is 4. The number of carbonyl (C=O) groups is 2. The molecular weight excluding hydrogens is 304 g/mol. The fraction of sp³-hybridized carbons (Fsp3) is 0. The molecule has 2 N–H and O–H groups in total. The van der Waals surface area contributed by atoms with Crippen LogP contribution < -0.4 is 0 Å². The third-order valence-electron chi connectivity index (χ3n) is 4.30. The van der Waals surface area contributed by atoms with Gasteiger partial charge in [-0.05, 0) is 12.1 Å². The minimum atomic E-state index is -0.173. The van der Waals surface area contributed by atoms with Crippen LogP contribution in [0, 0.1) is 0 Å². The van der Waals surface area contributed by atoms with E-state index < -0.39 is 0 Å². The zero-order chi connectivity index (χ0) is 16.3. The number of nitrogens with one attached hydrogen (secondary N) is 2. The molecule has 114 valence electrons. The number of aromatic amines is 2. The topological polar surface area (TPSA) is 91.5 Å². The Kier molecular flexibility index (Phi) is 2.42. The van der Waals surface area contributed by atoms with E-state index in [1.807, 2.05) is 0 Å². The fourth-order valence-electron chi connectivity index (χ4n) is 3.17. The van der Waals surface area contributed by atoms with Crippen LogP contribution in [0.15, 0.2) is 48.9 Å². The Bertz CT molecular complexity index is 1140. The highest BCUT2D eigenvalue weighted by Crippen LogP contribution is 2.32. The molecule has 0 fully saturated rings. The third-order valence-corrected chi connectivity index (χ3v) is 4.30. The summed E-state index contributed by atoms with van der Waals surface area (Å²) < 4.78 is 0. The molecule has 24 heavy (non-hydrogen) atoms. The number of rotatable bonds is 1. The smallest absolute Gasteiger partial charge is 0.196 e. The van der Waals surface area contributed by atoms with E-state index in [2.05, 4.69) is 19.9 Å². The molecule has 2 aromatic carbocycles. The lowest BCUT2D eigenvalue weighted by Crippen LogP contribution is -2.21. The van der Waals surface area contributed by atoms with E-state index in [1.54, 1.807) is 48.9 Å². The maximum Gasteiger partial charge on any atom is 0.196 e. The standard InChI is InChI=1S/C18H10N4O2/c23-16-9-3-1-2-4-10(9)17(24)14-11(16)5-6-12-15(14)22-18(21-12)13-7-19-8-20-13/h1-8H,(H,19,20)(H,21,22). The lowest BCUT2D eigenvalue weighted by molar-refractivity contribution is 0.0980. The Hall–Kier alpha value is -3.54. The van der Waals surface area contributed by atoms with Gasteiger partial charge in [0.25, 0.3) is 0 Å². The predicted molar refractivity (Wildman–Crippen MR) is 87.0 cm³/mol. The van der Waals surface area contributed by atoms with Crippen molar-refractivity contribution in [2.45, 2.75) is 0 Å². The monoisotopic (exact) mass is 314 g/mol. The number of benzene rings is 2. The maximum atomic E-state index is 12.9. The molecule has 0 radical (unpaired) electrons. The Morgan fingerprint density at radius 1 is 0.875 bits per heavy atom. The second-order valence-corrected chi connectivity index (χ2v) is 5.64. The van der Waals surface area contributed by atoms with Gasteiger partial charge in [-0.2, -0.15) is 0 Å². The highest BCUT2D eigenvalue weighted by molar-refractivity contribution is 6.31. The van der Waals surface area contributed by atoms with Crippen molar-refractivity contribution >= 4 is 22.6 Å². The summed E-state index contributed by atoms with van der Waals surface area (Å²) in [6.07, 6.45) is 3.20. The molecule has 0 amide bonds. The van der Waals surface area contributed by atoms with E-state index in [0.717, 1.165) is 5.69 Å². The average molecular weight is 314 g/mol. The lowest BCUT2D eigenvalue weighted by atomic mass is 9.83. The van der Waals surface area contributed by atoms with Crippen molar-refractivity contribution < 1.29 is 9.59 Å². The van der Waals surface area contributed by atoms with Crippen molar-refractivity contribution in [2.75, 3.05) is 0 Å². The molecule has 0 aliphatic heterocycles. The minimum absolute atomic E-state index is 0.145. The highest BCUT2D eigenvalue weighted by atomic mass is 16.1. The van der Waals surface area contributed by atoms with Crippen LogP contribution in [-0.2, 0) is 0 Å². The molecule has 4 aromatic rings. The largest absolute Gasteiger partial charge is 0.342 e. The molecule has 0 spiro atoms. The van der Waals surface area contributed by atoms with Crippen LogP contribution in [0.4, 0.5) is 0 Å².